The van der Waals surface area contributed by atoms with Crippen LogP contribution in [0.1, 0.15) is 51.0 Å². The first-order valence-corrected chi connectivity index (χ1v) is 8.68. The highest BCUT2D eigenvalue weighted by Gasteiger charge is 2.47. The van der Waals surface area contributed by atoms with Gasteiger partial charge in [-0.1, -0.05) is 57.0 Å². The number of hydrogen-bond acceptors (Lipinski definition) is 3. The minimum Gasteiger partial charge on any atom is -0.330 e. The van der Waals surface area contributed by atoms with Crippen LogP contribution in [-0.4, -0.2) is 29.8 Å². The SMILES string of the molecule is CC1C(=O)N(CCCCCCN)C(=O)C1C(C)c1ccccc1. The highest BCUT2D eigenvalue weighted by molar-refractivity contribution is 6.05. The van der Waals surface area contributed by atoms with Crippen molar-refractivity contribution in [2.75, 3.05) is 13.1 Å². The van der Waals surface area contributed by atoms with Crippen molar-refractivity contribution in [1.82, 2.24) is 4.90 Å². The molecule has 2 rings (SSSR count). The summed E-state index contributed by atoms with van der Waals surface area (Å²) in [7, 11) is 0. The van der Waals surface area contributed by atoms with Crippen molar-refractivity contribution in [3.63, 3.8) is 0 Å². The van der Waals surface area contributed by atoms with Gasteiger partial charge in [0, 0.05) is 12.5 Å². The average Bonchev–Trinajstić information content (AvgIpc) is 2.78. The van der Waals surface area contributed by atoms with E-state index in [-0.39, 0.29) is 29.6 Å². The predicted octanol–water partition coefficient (Wildman–Crippen LogP) is 2.93. The number of unbranched alkanes of at least 4 members (excludes halogenated alkanes) is 3. The Morgan fingerprint density at radius 3 is 2.35 bits per heavy atom. The largest absolute Gasteiger partial charge is 0.330 e. The summed E-state index contributed by atoms with van der Waals surface area (Å²) in [4.78, 5) is 26.7. The van der Waals surface area contributed by atoms with Crippen molar-refractivity contribution < 1.29 is 9.59 Å². The van der Waals surface area contributed by atoms with Gasteiger partial charge in [0.1, 0.15) is 0 Å². The molecule has 2 N–H and O–H groups in total. The summed E-state index contributed by atoms with van der Waals surface area (Å²) < 4.78 is 0. The molecule has 0 spiro atoms. The summed E-state index contributed by atoms with van der Waals surface area (Å²) >= 11 is 0. The number of likely N-dealkylation sites (tertiary alicyclic amines) is 1. The number of carbonyl (C=O) groups excluding carboxylic acids is 2. The number of nitrogens with two attached hydrogens (primary N) is 1. The molecule has 1 aliphatic heterocycles. The molecule has 0 bridgehead atoms. The highest BCUT2D eigenvalue weighted by atomic mass is 16.2. The Morgan fingerprint density at radius 1 is 1.04 bits per heavy atom. The Kier molecular flexibility index (Phi) is 6.34. The zero-order valence-electron chi connectivity index (χ0n) is 14.2. The summed E-state index contributed by atoms with van der Waals surface area (Å²) in [5.74, 6) is -0.431. The maximum absolute atomic E-state index is 12.7. The first kappa shape index (κ1) is 17.7. The zero-order chi connectivity index (χ0) is 16.8. The molecule has 0 aliphatic carbocycles. The minimum atomic E-state index is -0.242. The smallest absolute Gasteiger partial charge is 0.233 e. The van der Waals surface area contributed by atoms with Crippen LogP contribution >= 0.6 is 0 Å². The van der Waals surface area contributed by atoms with Crippen LogP contribution in [0.4, 0.5) is 0 Å². The van der Waals surface area contributed by atoms with Gasteiger partial charge < -0.3 is 5.73 Å². The van der Waals surface area contributed by atoms with Crippen LogP contribution in [0.3, 0.4) is 0 Å². The van der Waals surface area contributed by atoms with Crippen molar-refractivity contribution in [3.8, 4) is 0 Å². The van der Waals surface area contributed by atoms with Crippen molar-refractivity contribution in [2.45, 2.75) is 45.4 Å². The van der Waals surface area contributed by atoms with Crippen molar-refractivity contribution in [3.05, 3.63) is 35.9 Å². The lowest BCUT2D eigenvalue weighted by molar-refractivity contribution is -0.140. The minimum absolute atomic E-state index is 0.00215. The number of benzene rings is 1. The van der Waals surface area contributed by atoms with Gasteiger partial charge in [-0.3, -0.25) is 14.5 Å². The Hall–Kier alpha value is -1.68. The van der Waals surface area contributed by atoms with Gasteiger partial charge in [0.05, 0.1) is 5.92 Å². The Labute approximate surface area is 139 Å². The van der Waals surface area contributed by atoms with E-state index in [0.717, 1.165) is 31.2 Å². The van der Waals surface area contributed by atoms with Crippen molar-refractivity contribution in [2.24, 2.45) is 17.6 Å². The lowest BCUT2D eigenvalue weighted by Gasteiger charge is -2.20. The lowest BCUT2D eigenvalue weighted by Crippen LogP contribution is -2.32. The first-order valence-electron chi connectivity index (χ1n) is 8.68. The predicted molar refractivity (Wildman–Crippen MR) is 91.8 cm³/mol. The maximum Gasteiger partial charge on any atom is 0.233 e. The van der Waals surface area contributed by atoms with Crippen LogP contribution in [0.2, 0.25) is 0 Å². The van der Waals surface area contributed by atoms with Crippen LogP contribution < -0.4 is 5.73 Å². The molecular formula is C19H28N2O2. The number of hydrogen-bond donors (Lipinski definition) is 1. The van der Waals surface area contributed by atoms with Crippen molar-refractivity contribution in [1.29, 1.82) is 0 Å². The molecule has 0 radical (unpaired) electrons. The molecule has 4 heteroatoms. The van der Waals surface area contributed by atoms with Gasteiger partial charge >= 0.3 is 0 Å². The van der Waals surface area contributed by atoms with Crippen molar-refractivity contribution >= 4 is 11.8 Å². The molecule has 1 saturated heterocycles. The second kappa shape index (κ2) is 8.25. The van der Waals surface area contributed by atoms with Gasteiger partial charge in [0.15, 0.2) is 0 Å². The Balaban J connectivity index is 2.00. The molecule has 126 valence electrons. The van der Waals surface area contributed by atoms with E-state index >= 15 is 0 Å². The molecular weight excluding hydrogens is 288 g/mol. The van der Waals surface area contributed by atoms with E-state index in [1.807, 2.05) is 44.2 Å². The number of nitrogens with zero attached hydrogens (tertiary/aromatic N) is 1. The summed E-state index contributed by atoms with van der Waals surface area (Å²) in [6.07, 6.45) is 3.95. The molecule has 0 aromatic heterocycles. The number of amides is 2. The lowest BCUT2D eigenvalue weighted by atomic mass is 9.81. The zero-order valence-corrected chi connectivity index (χ0v) is 14.2. The molecule has 4 nitrogen and oxygen atoms in total. The summed E-state index contributed by atoms with van der Waals surface area (Å²) in [5, 5.41) is 0. The molecule has 3 atom stereocenters. The van der Waals surface area contributed by atoms with Crippen LogP contribution in [0.5, 0.6) is 0 Å². The molecule has 1 aliphatic rings. The standard InChI is InChI=1S/C19H28N2O2/c1-14(16-10-6-5-7-11-16)17-15(2)18(22)21(19(17)23)13-9-4-3-8-12-20/h5-7,10-11,14-15,17H,3-4,8-9,12-13,20H2,1-2H3. The molecule has 2 amide bonds. The Morgan fingerprint density at radius 2 is 1.70 bits per heavy atom. The number of rotatable bonds is 8. The fraction of sp³-hybridized carbons (Fsp3) is 0.579. The third-order valence-electron chi connectivity index (χ3n) is 4.95. The molecule has 0 saturated carbocycles. The second-order valence-electron chi connectivity index (χ2n) is 6.54. The van der Waals surface area contributed by atoms with Gasteiger partial charge in [0.25, 0.3) is 0 Å². The second-order valence-corrected chi connectivity index (χ2v) is 6.54. The molecule has 1 heterocycles. The normalized spacial score (nSPS) is 22.7. The van der Waals surface area contributed by atoms with E-state index in [1.54, 1.807) is 0 Å². The third kappa shape index (κ3) is 3.99. The topological polar surface area (TPSA) is 63.4 Å². The van der Waals surface area contributed by atoms with Gasteiger partial charge in [-0.15, -0.1) is 0 Å². The quantitative estimate of drug-likeness (QED) is 0.592. The summed E-state index contributed by atoms with van der Waals surface area (Å²) in [5.41, 5.74) is 6.60. The number of imide groups is 1. The van der Waals surface area contributed by atoms with Crippen LogP contribution in [0.15, 0.2) is 30.3 Å². The van der Waals surface area contributed by atoms with E-state index in [2.05, 4.69) is 0 Å². The molecule has 1 aromatic carbocycles. The van der Waals surface area contributed by atoms with Gasteiger partial charge in [-0.05, 0) is 30.9 Å². The summed E-state index contributed by atoms with van der Waals surface area (Å²) in [6, 6.07) is 9.99. The molecule has 1 aromatic rings. The van der Waals surface area contributed by atoms with E-state index in [9.17, 15) is 9.59 Å². The third-order valence-corrected chi connectivity index (χ3v) is 4.95. The van der Waals surface area contributed by atoms with E-state index in [4.69, 9.17) is 5.73 Å². The van der Waals surface area contributed by atoms with Crippen LogP contribution in [0, 0.1) is 11.8 Å². The molecule has 23 heavy (non-hydrogen) atoms. The highest BCUT2D eigenvalue weighted by Crippen LogP contribution is 2.37. The van der Waals surface area contributed by atoms with Gasteiger partial charge in [-0.2, -0.15) is 0 Å². The fourth-order valence-corrected chi connectivity index (χ4v) is 3.50. The average molecular weight is 316 g/mol. The van der Waals surface area contributed by atoms with Gasteiger partial charge in [-0.25, -0.2) is 0 Å². The first-order chi connectivity index (χ1) is 11.1. The fourth-order valence-electron chi connectivity index (χ4n) is 3.50. The maximum atomic E-state index is 12.7. The van der Waals surface area contributed by atoms with E-state index in [1.165, 1.54) is 4.90 Å². The van der Waals surface area contributed by atoms with E-state index < -0.39 is 0 Å². The molecule has 1 fully saturated rings. The van der Waals surface area contributed by atoms with E-state index in [0.29, 0.717) is 13.1 Å². The van der Waals surface area contributed by atoms with Crippen LogP contribution in [-0.2, 0) is 9.59 Å². The van der Waals surface area contributed by atoms with Crippen LogP contribution in [0.25, 0.3) is 0 Å². The monoisotopic (exact) mass is 316 g/mol. The number of carbonyl (C=O) groups is 2. The molecule has 3 unspecified atom stereocenters. The summed E-state index contributed by atoms with van der Waals surface area (Å²) in [6.45, 7) is 5.19. The van der Waals surface area contributed by atoms with Gasteiger partial charge in [0.2, 0.25) is 11.8 Å². The Bertz CT molecular complexity index is 529.